The number of aromatic nitrogens is 1. The van der Waals surface area contributed by atoms with Gasteiger partial charge in [-0.1, -0.05) is 58.0 Å². The van der Waals surface area contributed by atoms with Gasteiger partial charge < -0.3 is 25.2 Å². The van der Waals surface area contributed by atoms with Gasteiger partial charge in [-0.25, -0.2) is 4.98 Å². The van der Waals surface area contributed by atoms with Crippen molar-refractivity contribution in [1.82, 2.24) is 25.4 Å². The number of carbonyl (C=O) groups excluding carboxylic acids is 5. The fourth-order valence-corrected chi connectivity index (χ4v) is 5.92. The second-order valence-electron chi connectivity index (χ2n) is 12.2. The molecule has 11 nitrogen and oxygen atoms in total. The lowest BCUT2D eigenvalue weighted by Crippen LogP contribution is -2.58. The van der Waals surface area contributed by atoms with Gasteiger partial charge in [0, 0.05) is 31.9 Å². The lowest BCUT2D eigenvalue weighted by Gasteiger charge is -2.38. The van der Waals surface area contributed by atoms with Crippen LogP contribution < -0.4 is 10.6 Å². The first-order chi connectivity index (χ1) is 20.6. The zero-order chi connectivity index (χ0) is 32.9. The third-order valence-corrected chi connectivity index (χ3v) is 9.12. The minimum atomic E-state index is -1.16. The Kier molecular flexibility index (Phi) is 11.7. The van der Waals surface area contributed by atoms with Crippen molar-refractivity contribution in [3.05, 3.63) is 52.0 Å². The molecule has 2 bridgehead atoms. The van der Waals surface area contributed by atoms with Gasteiger partial charge in [-0.2, -0.15) is 0 Å². The maximum absolute atomic E-state index is 14.2. The maximum Gasteiger partial charge on any atom is 0.311 e. The first-order valence-corrected chi connectivity index (χ1v) is 15.9. The summed E-state index contributed by atoms with van der Waals surface area (Å²) in [5, 5.41) is 7.87. The molecule has 1 aliphatic rings. The summed E-state index contributed by atoms with van der Waals surface area (Å²) >= 11 is 1.23. The number of nitrogens with zero attached hydrogens (tertiary/aromatic N) is 3. The van der Waals surface area contributed by atoms with E-state index in [0.717, 1.165) is 5.56 Å². The Bertz CT molecular complexity index is 1350. The van der Waals surface area contributed by atoms with E-state index in [9.17, 15) is 24.0 Å². The molecule has 0 fully saturated rings. The van der Waals surface area contributed by atoms with Gasteiger partial charge in [0.25, 0.3) is 11.8 Å². The Morgan fingerprint density at radius 3 is 2.11 bits per heavy atom. The molecule has 1 aliphatic heterocycles. The van der Waals surface area contributed by atoms with Crippen LogP contribution in [0.5, 0.6) is 0 Å². The Morgan fingerprint density at radius 2 is 1.52 bits per heavy atom. The monoisotopic (exact) mass is 627 g/mol. The van der Waals surface area contributed by atoms with E-state index >= 15 is 0 Å². The average molecular weight is 628 g/mol. The Hall–Kier alpha value is -3.80. The number of benzene rings is 1. The Labute approximate surface area is 263 Å². The van der Waals surface area contributed by atoms with Crippen LogP contribution in [0, 0.1) is 17.8 Å². The van der Waals surface area contributed by atoms with Crippen LogP contribution in [0.4, 0.5) is 0 Å². The molecule has 1 aromatic carbocycles. The van der Waals surface area contributed by atoms with Gasteiger partial charge in [0.05, 0.1) is 12.0 Å². The van der Waals surface area contributed by atoms with Gasteiger partial charge >= 0.3 is 5.97 Å². The molecule has 0 spiro atoms. The SMILES string of the molecule is CC(C)[C@@H]1OC(=O)[C@@H](C)[C@H](C)NC(=O)c2csc(n2)[C@H](C)NC(=O)[C@H](Cc2ccccc2)N(C)C(=O)[C@H](C(C)C)N(C)C1=O. The summed E-state index contributed by atoms with van der Waals surface area (Å²) in [5.74, 6) is -3.95. The lowest BCUT2D eigenvalue weighted by molar-refractivity contribution is -0.169. The molecule has 0 radical (unpaired) electrons. The van der Waals surface area contributed by atoms with Gasteiger partial charge in [0.1, 0.15) is 22.8 Å². The van der Waals surface area contributed by atoms with Gasteiger partial charge in [-0.3, -0.25) is 24.0 Å². The summed E-state index contributed by atoms with van der Waals surface area (Å²) in [6.07, 6.45) is -0.929. The van der Waals surface area contributed by atoms with Crippen LogP contribution in [0.15, 0.2) is 35.7 Å². The molecule has 3 rings (SSSR count). The van der Waals surface area contributed by atoms with E-state index in [1.54, 1.807) is 47.0 Å². The second kappa shape index (κ2) is 14.8. The summed E-state index contributed by atoms with van der Waals surface area (Å²) in [6, 6.07) is 6.33. The number of nitrogens with one attached hydrogen (secondary N) is 2. The highest BCUT2D eigenvalue weighted by molar-refractivity contribution is 7.09. The molecule has 0 unspecified atom stereocenters. The smallest absolute Gasteiger partial charge is 0.311 e. The van der Waals surface area contributed by atoms with Crippen LogP contribution in [0.2, 0.25) is 0 Å². The van der Waals surface area contributed by atoms with E-state index in [-0.39, 0.29) is 18.0 Å². The molecule has 2 aromatic rings. The van der Waals surface area contributed by atoms with Crippen LogP contribution in [0.3, 0.4) is 0 Å². The largest absolute Gasteiger partial charge is 0.452 e. The predicted molar refractivity (Wildman–Crippen MR) is 168 cm³/mol. The van der Waals surface area contributed by atoms with E-state index in [1.807, 2.05) is 44.2 Å². The highest BCUT2D eigenvalue weighted by Crippen LogP contribution is 2.23. The first-order valence-electron chi connectivity index (χ1n) is 15.0. The molecule has 0 aliphatic carbocycles. The standard InChI is InChI=1S/C32H45N5O6S/c1-17(2)25-30(40)36(8)24(15-22-13-11-10-12-14-22)28(39)34-21(7)29-35-23(16-44-29)27(38)33-20(6)19(5)32(42)43-26(18(3)4)31(41)37(25)9/h10-14,16-21,24-26H,15H2,1-9H3,(H,33,38)(H,34,39)/t19-,20-,21-,24-,25-,26-/m0/s1. The second-order valence-corrected chi connectivity index (χ2v) is 13.1. The van der Waals surface area contributed by atoms with Crippen molar-refractivity contribution in [2.45, 2.75) is 85.2 Å². The summed E-state index contributed by atoms with van der Waals surface area (Å²) in [6.45, 7) is 12.2. The predicted octanol–water partition coefficient (Wildman–Crippen LogP) is 3.21. The fraction of sp³-hybridized carbons (Fsp3) is 0.562. The molecule has 4 amide bonds. The molecular weight excluding hydrogens is 582 g/mol. The quantitative estimate of drug-likeness (QED) is 0.497. The van der Waals surface area contributed by atoms with Crippen molar-refractivity contribution in [2.24, 2.45) is 17.8 Å². The molecule has 0 saturated carbocycles. The van der Waals surface area contributed by atoms with Crippen molar-refractivity contribution >= 4 is 40.9 Å². The summed E-state index contributed by atoms with van der Waals surface area (Å²) < 4.78 is 5.74. The molecule has 1 aromatic heterocycles. The molecule has 12 heteroatoms. The summed E-state index contributed by atoms with van der Waals surface area (Å²) in [4.78, 5) is 75.2. The van der Waals surface area contributed by atoms with Gasteiger partial charge in [-0.15, -0.1) is 11.3 Å². The minimum absolute atomic E-state index is 0.154. The molecule has 240 valence electrons. The minimum Gasteiger partial charge on any atom is -0.452 e. The highest BCUT2D eigenvalue weighted by Gasteiger charge is 2.41. The van der Waals surface area contributed by atoms with E-state index < -0.39 is 71.7 Å². The zero-order valence-electron chi connectivity index (χ0n) is 27.0. The summed E-state index contributed by atoms with van der Waals surface area (Å²) in [7, 11) is 3.08. The van der Waals surface area contributed by atoms with Gasteiger partial charge in [-0.05, 0) is 38.2 Å². The van der Waals surface area contributed by atoms with Crippen LogP contribution in [0.1, 0.15) is 75.6 Å². The maximum atomic E-state index is 14.2. The third kappa shape index (κ3) is 8.02. The number of fused-ring (bicyclic) bond motifs is 2. The van der Waals surface area contributed by atoms with Gasteiger partial charge in [0.15, 0.2) is 6.10 Å². The van der Waals surface area contributed by atoms with Crippen molar-refractivity contribution < 1.29 is 28.7 Å². The van der Waals surface area contributed by atoms with E-state index in [4.69, 9.17) is 4.74 Å². The highest BCUT2D eigenvalue weighted by atomic mass is 32.1. The van der Waals surface area contributed by atoms with Crippen molar-refractivity contribution in [3.63, 3.8) is 0 Å². The topological polar surface area (TPSA) is 138 Å². The van der Waals surface area contributed by atoms with Crippen LogP contribution in [-0.2, 0) is 30.3 Å². The van der Waals surface area contributed by atoms with Crippen molar-refractivity contribution in [2.75, 3.05) is 14.1 Å². The third-order valence-electron chi connectivity index (χ3n) is 8.10. The number of carbonyl (C=O) groups is 5. The van der Waals surface area contributed by atoms with Crippen LogP contribution in [-0.4, -0.2) is 82.7 Å². The van der Waals surface area contributed by atoms with Gasteiger partial charge in [0.2, 0.25) is 11.8 Å². The number of rotatable bonds is 4. The van der Waals surface area contributed by atoms with Crippen LogP contribution in [0.25, 0.3) is 0 Å². The van der Waals surface area contributed by atoms with Crippen LogP contribution >= 0.6 is 11.3 Å². The first kappa shape index (κ1) is 34.7. The van der Waals surface area contributed by atoms with E-state index in [2.05, 4.69) is 15.6 Å². The lowest BCUT2D eigenvalue weighted by atomic mass is 9.96. The van der Waals surface area contributed by atoms with E-state index in [0.29, 0.717) is 5.01 Å². The van der Waals surface area contributed by atoms with E-state index in [1.165, 1.54) is 28.2 Å². The van der Waals surface area contributed by atoms with Crippen molar-refractivity contribution in [1.29, 1.82) is 0 Å². The number of hydrogen-bond donors (Lipinski definition) is 2. The number of cyclic esters (lactones) is 1. The molecule has 2 heterocycles. The molecule has 6 atom stereocenters. The number of ether oxygens (including phenoxy) is 1. The number of thiazole rings is 1. The Morgan fingerprint density at radius 1 is 0.886 bits per heavy atom. The number of esters is 1. The number of likely N-dealkylation sites (N-methyl/N-ethyl adjacent to an activating group) is 2. The number of hydrogen-bond acceptors (Lipinski definition) is 8. The summed E-state index contributed by atoms with van der Waals surface area (Å²) in [5.41, 5.74) is 1.01. The molecule has 2 N–H and O–H groups in total. The fourth-order valence-electron chi connectivity index (χ4n) is 5.12. The molecule has 44 heavy (non-hydrogen) atoms. The number of amides is 4. The molecule has 0 saturated heterocycles. The average Bonchev–Trinajstić information content (AvgIpc) is 3.48. The Balaban J connectivity index is 2.09. The van der Waals surface area contributed by atoms with Crippen molar-refractivity contribution in [3.8, 4) is 0 Å². The molecular formula is C32H45N5O6S. The zero-order valence-corrected chi connectivity index (χ0v) is 27.8. The normalized spacial score (nSPS) is 26.6.